The van der Waals surface area contributed by atoms with Crippen LogP contribution >= 0.6 is 0 Å². The minimum absolute atomic E-state index is 0.782. The van der Waals surface area contributed by atoms with Gasteiger partial charge in [-0.1, -0.05) is 0 Å². The molecule has 5 nitrogen and oxygen atoms in total. The molecule has 1 aliphatic rings. The highest BCUT2D eigenvalue weighted by Crippen LogP contribution is 2.11. The van der Waals surface area contributed by atoms with Crippen LogP contribution < -0.4 is 10.6 Å². The molecule has 0 aliphatic carbocycles. The topological polar surface area (TPSA) is 58.3 Å². The van der Waals surface area contributed by atoms with E-state index in [0.717, 1.165) is 51.5 Å². The zero-order chi connectivity index (χ0) is 11.2. The molecule has 1 fully saturated rings. The summed E-state index contributed by atoms with van der Waals surface area (Å²) in [5.74, 6) is 0.987. The van der Waals surface area contributed by atoms with Gasteiger partial charge in [0.1, 0.15) is 5.82 Å². The number of nitrogens with zero attached hydrogens (tertiary/aromatic N) is 4. The first-order valence-electron chi connectivity index (χ1n) is 5.83. The van der Waals surface area contributed by atoms with Crippen molar-refractivity contribution in [3.63, 3.8) is 0 Å². The second-order valence-corrected chi connectivity index (χ2v) is 4.03. The van der Waals surface area contributed by atoms with Crippen LogP contribution in [0.2, 0.25) is 0 Å². The van der Waals surface area contributed by atoms with Gasteiger partial charge in [-0.05, 0) is 19.5 Å². The Balaban J connectivity index is 1.81. The Labute approximate surface area is 96.3 Å². The Bertz CT molecular complexity index is 295. The minimum Gasteiger partial charge on any atom is -0.353 e. The number of hydrogen-bond acceptors (Lipinski definition) is 5. The molecule has 16 heavy (non-hydrogen) atoms. The summed E-state index contributed by atoms with van der Waals surface area (Å²) in [6.07, 6.45) is 6.37. The second-order valence-electron chi connectivity index (χ2n) is 4.03. The number of nitrogens with two attached hydrogens (primary N) is 1. The van der Waals surface area contributed by atoms with Crippen molar-refractivity contribution in [1.82, 2.24) is 14.9 Å². The average molecular weight is 221 g/mol. The number of rotatable bonds is 4. The molecule has 0 atom stereocenters. The van der Waals surface area contributed by atoms with Crippen LogP contribution in [0.5, 0.6) is 0 Å². The molecule has 2 N–H and O–H groups in total. The summed E-state index contributed by atoms with van der Waals surface area (Å²) in [7, 11) is 0. The van der Waals surface area contributed by atoms with Crippen LogP contribution in [0.1, 0.15) is 6.42 Å². The molecule has 2 rings (SSSR count). The molecule has 2 heterocycles. The lowest BCUT2D eigenvalue weighted by Gasteiger charge is -2.35. The zero-order valence-corrected chi connectivity index (χ0v) is 9.55. The van der Waals surface area contributed by atoms with Gasteiger partial charge in [-0.15, -0.1) is 0 Å². The van der Waals surface area contributed by atoms with E-state index < -0.39 is 0 Å². The normalized spacial score (nSPS) is 17.7. The van der Waals surface area contributed by atoms with Gasteiger partial charge in [0.2, 0.25) is 0 Å². The Hall–Kier alpha value is -1.20. The predicted molar refractivity (Wildman–Crippen MR) is 64.4 cm³/mol. The molecule has 0 unspecified atom stereocenters. The molecule has 88 valence electrons. The summed E-state index contributed by atoms with van der Waals surface area (Å²) in [6, 6.07) is 0. The van der Waals surface area contributed by atoms with Gasteiger partial charge in [-0.3, -0.25) is 9.88 Å². The SMILES string of the molecule is NCCCN1CCN(c2cnccn2)CC1. The molecule has 1 aromatic heterocycles. The van der Waals surface area contributed by atoms with Crippen molar-refractivity contribution in [1.29, 1.82) is 0 Å². The number of aromatic nitrogens is 2. The van der Waals surface area contributed by atoms with E-state index in [-0.39, 0.29) is 0 Å². The van der Waals surface area contributed by atoms with Gasteiger partial charge >= 0.3 is 0 Å². The standard InChI is InChI=1S/C11H19N5/c12-2-1-5-15-6-8-16(9-7-15)11-10-13-3-4-14-11/h3-4,10H,1-2,5-9,12H2. The summed E-state index contributed by atoms with van der Waals surface area (Å²) in [4.78, 5) is 13.2. The lowest BCUT2D eigenvalue weighted by molar-refractivity contribution is 0.256. The van der Waals surface area contributed by atoms with Crippen LogP contribution in [-0.2, 0) is 0 Å². The molecule has 0 amide bonds. The maximum absolute atomic E-state index is 5.51. The molecular formula is C11H19N5. The molecule has 1 aliphatic heterocycles. The van der Waals surface area contributed by atoms with Crippen LogP contribution in [0.25, 0.3) is 0 Å². The fourth-order valence-electron chi connectivity index (χ4n) is 1.97. The first-order valence-corrected chi connectivity index (χ1v) is 5.83. The summed E-state index contributed by atoms with van der Waals surface area (Å²) in [6.45, 7) is 6.15. The lowest BCUT2D eigenvalue weighted by atomic mass is 10.3. The van der Waals surface area contributed by atoms with Crippen LogP contribution in [0.15, 0.2) is 18.6 Å². The van der Waals surface area contributed by atoms with Crippen LogP contribution in [0.4, 0.5) is 5.82 Å². The first kappa shape index (κ1) is 11.3. The van der Waals surface area contributed by atoms with Crippen molar-refractivity contribution in [2.24, 2.45) is 5.73 Å². The van der Waals surface area contributed by atoms with Gasteiger partial charge in [0.05, 0.1) is 6.20 Å². The summed E-state index contributed by atoms with van der Waals surface area (Å²) >= 11 is 0. The summed E-state index contributed by atoms with van der Waals surface area (Å²) in [5, 5.41) is 0. The van der Waals surface area contributed by atoms with Crippen LogP contribution in [0.3, 0.4) is 0 Å². The van der Waals surface area contributed by atoms with E-state index in [2.05, 4.69) is 19.8 Å². The van der Waals surface area contributed by atoms with Crippen molar-refractivity contribution in [3.05, 3.63) is 18.6 Å². The average Bonchev–Trinajstić information content (AvgIpc) is 2.38. The van der Waals surface area contributed by atoms with Gasteiger partial charge < -0.3 is 10.6 Å². The maximum Gasteiger partial charge on any atom is 0.147 e. The number of hydrogen-bond donors (Lipinski definition) is 1. The zero-order valence-electron chi connectivity index (χ0n) is 9.55. The second kappa shape index (κ2) is 5.77. The largest absolute Gasteiger partial charge is 0.353 e. The number of piperazine rings is 1. The fourth-order valence-corrected chi connectivity index (χ4v) is 1.97. The minimum atomic E-state index is 0.782. The molecule has 0 spiro atoms. The third-order valence-corrected chi connectivity index (χ3v) is 2.92. The predicted octanol–water partition coefficient (Wildman–Crippen LogP) is -0.0526. The lowest BCUT2D eigenvalue weighted by Crippen LogP contribution is -2.47. The van der Waals surface area contributed by atoms with E-state index in [4.69, 9.17) is 5.73 Å². The highest BCUT2D eigenvalue weighted by atomic mass is 15.3. The smallest absolute Gasteiger partial charge is 0.147 e. The Kier molecular flexibility index (Phi) is 4.07. The van der Waals surface area contributed by atoms with Gasteiger partial charge in [0.15, 0.2) is 0 Å². The monoisotopic (exact) mass is 221 g/mol. The maximum atomic E-state index is 5.51. The van der Waals surface area contributed by atoms with E-state index in [1.54, 1.807) is 12.4 Å². The molecule has 1 aromatic rings. The van der Waals surface area contributed by atoms with Crippen LogP contribution in [-0.4, -0.2) is 54.1 Å². The summed E-state index contributed by atoms with van der Waals surface area (Å²) in [5.41, 5.74) is 5.51. The van der Waals surface area contributed by atoms with Gasteiger partial charge in [0, 0.05) is 38.6 Å². The molecule has 0 saturated carbocycles. The van der Waals surface area contributed by atoms with Gasteiger partial charge in [-0.25, -0.2) is 4.98 Å². The van der Waals surface area contributed by atoms with E-state index in [9.17, 15) is 0 Å². The highest BCUT2D eigenvalue weighted by molar-refractivity contribution is 5.35. The fraction of sp³-hybridized carbons (Fsp3) is 0.636. The first-order chi connectivity index (χ1) is 7.90. The Morgan fingerprint density at radius 3 is 2.62 bits per heavy atom. The third kappa shape index (κ3) is 2.90. The van der Waals surface area contributed by atoms with Crippen molar-refractivity contribution in [3.8, 4) is 0 Å². The van der Waals surface area contributed by atoms with Crippen molar-refractivity contribution in [2.45, 2.75) is 6.42 Å². The van der Waals surface area contributed by atoms with E-state index in [0.29, 0.717) is 0 Å². The molecule has 0 bridgehead atoms. The van der Waals surface area contributed by atoms with Crippen molar-refractivity contribution < 1.29 is 0 Å². The quantitative estimate of drug-likeness (QED) is 0.772. The Morgan fingerprint density at radius 1 is 1.19 bits per heavy atom. The number of anilines is 1. The molecule has 1 saturated heterocycles. The van der Waals surface area contributed by atoms with Gasteiger partial charge in [-0.2, -0.15) is 0 Å². The summed E-state index contributed by atoms with van der Waals surface area (Å²) < 4.78 is 0. The van der Waals surface area contributed by atoms with E-state index in [1.165, 1.54) is 0 Å². The molecule has 0 radical (unpaired) electrons. The van der Waals surface area contributed by atoms with Crippen LogP contribution in [0, 0.1) is 0 Å². The van der Waals surface area contributed by atoms with E-state index >= 15 is 0 Å². The molecule has 0 aromatic carbocycles. The van der Waals surface area contributed by atoms with Crippen molar-refractivity contribution in [2.75, 3.05) is 44.2 Å². The molecule has 5 heteroatoms. The molecular weight excluding hydrogens is 202 g/mol. The van der Waals surface area contributed by atoms with Crippen molar-refractivity contribution >= 4 is 5.82 Å². The highest BCUT2D eigenvalue weighted by Gasteiger charge is 2.17. The van der Waals surface area contributed by atoms with E-state index in [1.807, 2.05) is 6.20 Å². The van der Waals surface area contributed by atoms with Gasteiger partial charge in [0.25, 0.3) is 0 Å². The Morgan fingerprint density at radius 2 is 2.00 bits per heavy atom. The third-order valence-electron chi connectivity index (χ3n) is 2.92.